The molecule has 2 amide bonds. The molecule has 1 N–H and O–H groups in total. The Bertz CT molecular complexity index is 303. The van der Waals surface area contributed by atoms with Crippen LogP contribution in [0, 0.1) is 0 Å². The summed E-state index contributed by atoms with van der Waals surface area (Å²) in [6, 6.07) is 0. The second kappa shape index (κ2) is 5.48. The molecule has 0 radical (unpaired) electrons. The van der Waals surface area contributed by atoms with Crippen LogP contribution in [0.5, 0.6) is 0 Å². The van der Waals surface area contributed by atoms with Gasteiger partial charge in [-0.05, 0) is 6.42 Å². The van der Waals surface area contributed by atoms with Crippen molar-refractivity contribution in [2.45, 2.75) is 19.8 Å². The van der Waals surface area contributed by atoms with Crippen LogP contribution in [0.15, 0.2) is 0 Å². The first kappa shape index (κ1) is 12.5. The lowest BCUT2D eigenvalue weighted by Crippen LogP contribution is -2.54. The Morgan fingerprint density at radius 1 is 1.19 bits per heavy atom. The molecule has 1 rings (SSSR count). The monoisotopic (exact) mass is 228 g/mol. The van der Waals surface area contributed by atoms with Gasteiger partial charge in [0.2, 0.25) is 0 Å². The van der Waals surface area contributed by atoms with Crippen molar-refractivity contribution in [3.63, 3.8) is 0 Å². The van der Waals surface area contributed by atoms with Gasteiger partial charge in [-0.25, -0.2) is 0 Å². The highest BCUT2D eigenvalue weighted by molar-refractivity contribution is 6.35. The molecule has 90 valence electrons. The minimum absolute atomic E-state index is 0.111. The van der Waals surface area contributed by atoms with Crippen molar-refractivity contribution < 1.29 is 19.5 Å². The van der Waals surface area contributed by atoms with Gasteiger partial charge >= 0.3 is 17.8 Å². The van der Waals surface area contributed by atoms with E-state index in [1.165, 1.54) is 9.80 Å². The van der Waals surface area contributed by atoms with E-state index in [1.807, 2.05) is 6.92 Å². The van der Waals surface area contributed by atoms with Crippen LogP contribution in [0.1, 0.15) is 19.8 Å². The van der Waals surface area contributed by atoms with Crippen molar-refractivity contribution in [3.8, 4) is 0 Å². The maximum absolute atomic E-state index is 11.6. The van der Waals surface area contributed by atoms with Gasteiger partial charge in [-0.1, -0.05) is 6.92 Å². The van der Waals surface area contributed by atoms with Crippen LogP contribution in [0.2, 0.25) is 0 Å². The van der Waals surface area contributed by atoms with Gasteiger partial charge in [0.15, 0.2) is 0 Å². The van der Waals surface area contributed by atoms with E-state index in [0.717, 1.165) is 6.42 Å². The predicted molar refractivity (Wildman–Crippen MR) is 55.7 cm³/mol. The van der Waals surface area contributed by atoms with E-state index in [4.69, 9.17) is 5.11 Å². The fourth-order valence-corrected chi connectivity index (χ4v) is 1.64. The number of carboxylic acids is 1. The molecular weight excluding hydrogens is 212 g/mol. The number of hydrogen-bond acceptors (Lipinski definition) is 3. The molecule has 16 heavy (non-hydrogen) atoms. The lowest BCUT2D eigenvalue weighted by Gasteiger charge is -2.33. The Balaban J connectivity index is 2.51. The second-order valence-corrected chi connectivity index (χ2v) is 3.73. The van der Waals surface area contributed by atoms with Gasteiger partial charge in [0.05, 0.1) is 6.42 Å². The average molecular weight is 228 g/mol. The molecule has 0 atom stereocenters. The van der Waals surface area contributed by atoms with Crippen molar-refractivity contribution in [2.24, 2.45) is 0 Å². The van der Waals surface area contributed by atoms with Crippen LogP contribution in [0.3, 0.4) is 0 Å². The van der Waals surface area contributed by atoms with Gasteiger partial charge in [-0.3, -0.25) is 14.4 Å². The highest BCUT2D eigenvalue weighted by Gasteiger charge is 2.31. The molecule has 0 aromatic carbocycles. The number of amides is 2. The molecule has 1 aliphatic heterocycles. The third-order valence-electron chi connectivity index (χ3n) is 2.49. The summed E-state index contributed by atoms with van der Waals surface area (Å²) in [5, 5.41) is 8.50. The summed E-state index contributed by atoms with van der Waals surface area (Å²) in [4.78, 5) is 36.3. The lowest BCUT2D eigenvalue weighted by molar-refractivity contribution is -0.156. The molecule has 1 aliphatic rings. The molecule has 1 heterocycles. The van der Waals surface area contributed by atoms with Crippen molar-refractivity contribution in [2.75, 3.05) is 26.2 Å². The van der Waals surface area contributed by atoms with E-state index < -0.39 is 17.8 Å². The van der Waals surface area contributed by atoms with E-state index in [1.54, 1.807) is 0 Å². The third-order valence-corrected chi connectivity index (χ3v) is 2.49. The zero-order chi connectivity index (χ0) is 12.1. The maximum atomic E-state index is 11.6. The highest BCUT2D eigenvalue weighted by Crippen LogP contribution is 2.06. The van der Waals surface area contributed by atoms with E-state index >= 15 is 0 Å². The first-order valence-electron chi connectivity index (χ1n) is 5.36. The molecule has 0 spiro atoms. The molecule has 0 unspecified atom stereocenters. The van der Waals surface area contributed by atoms with Crippen LogP contribution >= 0.6 is 0 Å². The first-order valence-corrected chi connectivity index (χ1v) is 5.36. The molecule has 1 fully saturated rings. The van der Waals surface area contributed by atoms with Crippen LogP contribution in [0.4, 0.5) is 0 Å². The van der Waals surface area contributed by atoms with Crippen LogP contribution in [0.25, 0.3) is 0 Å². The fourth-order valence-electron chi connectivity index (χ4n) is 1.64. The average Bonchev–Trinajstić information content (AvgIpc) is 2.24. The van der Waals surface area contributed by atoms with E-state index in [2.05, 4.69) is 0 Å². The molecule has 0 saturated carbocycles. The number of carbonyl (C=O) groups is 3. The number of piperazine rings is 1. The topological polar surface area (TPSA) is 77.9 Å². The van der Waals surface area contributed by atoms with Crippen molar-refractivity contribution in [3.05, 3.63) is 0 Å². The molecule has 6 nitrogen and oxygen atoms in total. The zero-order valence-electron chi connectivity index (χ0n) is 9.31. The molecule has 1 saturated heterocycles. The predicted octanol–water partition coefficient (Wildman–Crippen LogP) is -0.458. The summed E-state index contributed by atoms with van der Waals surface area (Å²) in [5.41, 5.74) is 0. The van der Waals surface area contributed by atoms with Gasteiger partial charge < -0.3 is 14.9 Å². The minimum Gasteiger partial charge on any atom is -0.481 e. The SMILES string of the molecule is CCCN1CCN(CCC(=O)O)C(=O)C1=O. The largest absolute Gasteiger partial charge is 0.481 e. The maximum Gasteiger partial charge on any atom is 0.312 e. The number of rotatable bonds is 5. The molecule has 0 bridgehead atoms. The van der Waals surface area contributed by atoms with Gasteiger partial charge in [0.25, 0.3) is 0 Å². The van der Waals surface area contributed by atoms with Crippen molar-refractivity contribution in [1.82, 2.24) is 9.80 Å². The third kappa shape index (κ3) is 2.95. The second-order valence-electron chi connectivity index (χ2n) is 3.73. The molecule has 6 heteroatoms. The minimum atomic E-state index is -0.962. The summed E-state index contributed by atoms with van der Waals surface area (Å²) in [5.74, 6) is -2.06. The Morgan fingerprint density at radius 2 is 1.69 bits per heavy atom. The highest BCUT2D eigenvalue weighted by atomic mass is 16.4. The zero-order valence-corrected chi connectivity index (χ0v) is 9.31. The number of carboxylic acid groups (broad SMARTS) is 1. The van der Waals surface area contributed by atoms with Crippen LogP contribution in [-0.4, -0.2) is 58.9 Å². The normalized spacial score (nSPS) is 16.8. The van der Waals surface area contributed by atoms with Crippen molar-refractivity contribution >= 4 is 17.8 Å². The Hall–Kier alpha value is -1.59. The van der Waals surface area contributed by atoms with E-state index in [9.17, 15) is 14.4 Å². The summed E-state index contributed by atoms with van der Waals surface area (Å²) < 4.78 is 0. The molecule has 0 aromatic rings. The summed E-state index contributed by atoms with van der Waals surface area (Å²) in [7, 11) is 0. The van der Waals surface area contributed by atoms with Crippen LogP contribution < -0.4 is 0 Å². The lowest BCUT2D eigenvalue weighted by atomic mass is 10.2. The summed E-state index contributed by atoms with van der Waals surface area (Å²) in [6.07, 6.45) is 0.695. The standard InChI is InChI=1S/C10H16N2O4/c1-2-4-11-6-7-12(5-3-8(13)14)10(16)9(11)15/h2-7H2,1H3,(H,13,14). The van der Waals surface area contributed by atoms with Gasteiger partial charge in [-0.15, -0.1) is 0 Å². The van der Waals surface area contributed by atoms with Crippen molar-refractivity contribution in [1.29, 1.82) is 0 Å². The first-order chi connectivity index (χ1) is 7.56. The van der Waals surface area contributed by atoms with Gasteiger partial charge in [0, 0.05) is 26.2 Å². The van der Waals surface area contributed by atoms with E-state index in [-0.39, 0.29) is 13.0 Å². The smallest absolute Gasteiger partial charge is 0.312 e. The van der Waals surface area contributed by atoms with Gasteiger partial charge in [0.1, 0.15) is 0 Å². The molecular formula is C10H16N2O4. The van der Waals surface area contributed by atoms with Crippen LogP contribution in [-0.2, 0) is 14.4 Å². The number of nitrogens with zero attached hydrogens (tertiary/aromatic N) is 2. The van der Waals surface area contributed by atoms with Gasteiger partial charge in [-0.2, -0.15) is 0 Å². The molecule has 0 aromatic heterocycles. The number of carbonyl (C=O) groups excluding carboxylic acids is 2. The quantitative estimate of drug-likeness (QED) is 0.646. The Morgan fingerprint density at radius 3 is 2.12 bits per heavy atom. The Labute approximate surface area is 93.8 Å². The fraction of sp³-hybridized carbons (Fsp3) is 0.700. The molecule has 0 aliphatic carbocycles. The number of aliphatic carboxylic acids is 1. The van der Waals surface area contributed by atoms with E-state index in [0.29, 0.717) is 19.6 Å². The summed E-state index contributed by atoms with van der Waals surface area (Å²) >= 11 is 0. The summed E-state index contributed by atoms with van der Waals surface area (Å²) in [6.45, 7) is 3.56. The number of hydrogen-bond donors (Lipinski definition) is 1. The Kier molecular flexibility index (Phi) is 4.28.